The largest absolute Gasteiger partial charge is 0.494 e. The van der Waals surface area contributed by atoms with Crippen LogP contribution in [0.1, 0.15) is 154 Å². The first-order chi connectivity index (χ1) is 19.2. The van der Waals surface area contributed by atoms with Gasteiger partial charge in [-0.25, -0.2) is 0 Å². The highest BCUT2D eigenvalue weighted by Crippen LogP contribution is 2.26. The van der Waals surface area contributed by atoms with E-state index >= 15 is 0 Å². The molecule has 0 aliphatic carbocycles. The second kappa shape index (κ2) is 23.0. The van der Waals surface area contributed by atoms with Gasteiger partial charge in [-0.3, -0.25) is 0 Å². The van der Waals surface area contributed by atoms with Crippen molar-refractivity contribution in [3.05, 3.63) is 54.1 Å². The van der Waals surface area contributed by atoms with Gasteiger partial charge in [-0.15, -0.1) is 0 Å². The molecule has 0 saturated carbocycles. The van der Waals surface area contributed by atoms with Crippen molar-refractivity contribution in [3.8, 4) is 16.9 Å². The Morgan fingerprint density at radius 1 is 0.462 bits per heavy atom. The van der Waals surface area contributed by atoms with Crippen LogP contribution in [0.4, 0.5) is 0 Å². The van der Waals surface area contributed by atoms with E-state index in [1.54, 1.807) is 0 Å². The van der Waals surface area contributed by atoms with Crippen molar-refractivity contribution < 1.29 is 9.47 Å². The van der Waals surface area contributed by atoms with Gasteiger partial charge in [0.15, 0.2) is 0 Å². The summed E-state index contributed by atoms with van der Waals surface area (Å²) in [6.07, 6.45) is 25.8. The van der Waals surface area contributed by atoms with E-state index in [0.29, 0.717) is 0 Å². The third-order valence-corrected chi connectivity index (χ3v) is 7.95. The lowest BCUT2D eigenvalue weighted by Crippen LogP contribution is -2.01. The normalized spacial score (nSPS) is 12.1. The van der Waals surface area contributed by atoms with Crippen LogP contribution in [0.5, 0.6) is 5.75 Å². The van der Waals surface area contributed by atoms with E-state index in [0.717, 1.165) is 25.4 Å². The standard InChI is InChI=1S/C37H60O2/c1-4-6-8-10-12-14-16-17-19-21-31-38-33(3)34-23-25-35(26-24-34)36-27-29-37(30-28-36)39-32-22-20-18-15-13-11-9-7-5-2/h23-30,33H,4-22,31-32H2,1-3H3. The summed E-state index contributed by atoms with van der Waals surface area (Å²) in [7, 11) is 0. The Morgan fingerprint density at radius 2 is 0.846 bits per heavy atom. The molecular formula is C37H60O2. The number of ether oxygens (including phenoxy) is 2. The first-order valence-corrected chi connectivity index (χ1v) is 16.7. The molecule has 2 aromatic carbocycles. The Kier molecular flexibility index (Phi) is 19.7. The first-order valence-electron chi connectivity index (χ1n) is 16.7. The van der Waals surface area contributed by atoms with Crippen LogP contribution in [0.3, 0.4) is 0 Å². The van der Waals surface area contributed by atoms with E-state index in [2.05, 4.69) is 69.3 Å². The van der Waals surface area contributed by atoms with Gasteiger partial charge in [0.1, 0.15) is 5.75 Å². The van der Waals surface area contributed by atoms with E-state index in [-0.39, 0.29) is 6.10 Å². The van der Waals surface area contributed by atoms with Crippen LogP contribution in [-0.2, 0) is 4.74 Å². The maximum atomic E-state index is 6.13. The molecule has 1 unspecified atom stereocenters. The van der Waals surface area contributed by atoms with Crippen molar-refractivity contribution >= 4 is 0 Å². The summed E-state index contributed by atoms with van der Waals surface area (Å²) < 4.78 is 12.1. The molecule has 220 valence electrons. The van der Waals surface area contributed by atoms with Gasteiger partial charge in [0.2, 0.25) is 0 Å². The summed E-state index contributed by atoms with van der Waals surface area (Å²) in [5.74, 6) is 0.976. The van der Waals surface area contributed by atoms with Crippen molar-refractivity contribution in [2.45, 2.75) is 149 Å². The Morgan fingerprint density at radius 3 is 1.31 bits per heavy atom. The second-order valence-corrected chi connectivity index (χ2v) is 11.5. The average Bonchev–Trinajstić information content (AvgIpc) is 2.97. The Labute approximate surface area is 242 Å². The average molecular weight is 537 g/mol. The fourth-order valence-electron chi connectivity index (χ4n) is 5.24. The van der Waals surface area contributed by atoms with Crippen molar-refractivity contribution in [2.24, 2.45) is 0 Å². The second-order valence-electron chi connectivity index (χ2n) is 11.5. The predicted molar refractivity (Wildman–Crippen MR) is 171 cm³/mol. The molecule has 0 bridgehead atoms. The molecule has 0 radical (unpaired) electrons. The van der Waals surface area contributed by atoms with E-state index in [9.17, 15) is 0 Å². The third kappa shape index (κ3) is 16.2. The minimum absolute atomic E-state index is 0.148. The van der Waals surface area contributed by atoms with Gasteiger partial charge >= 0.3 is 0 Å². The molecule has 0 spiro atoms. The van der Waals surface area contributed by atoms with Gasteiger partial charge in [-0.2, -0.15) is 0 Å². The predicted octanol–water partition coefficient (Wildman–Crippen LogP) is 12.3. The lowest BCUT2D eigenvalue weighted by Gasteiger charge is -2.14. The molecule has 2 rings (SSSR count). The van der Waals surface area contributed by atoms with Crippen LogP contribution in [0.15, 0.2) is 48.5 Å². The van der Waals surface area contributed by atoms with Crippen molar-refractivity contribution in [2.75, 3.05) is 13.2 Å². The highest BCUT2D eigenvalue weighted by Gasteiger charge is 2.07. The van der Waals surface area contributed by atoms with E-state index in [1.807, 2.05) is 0 Å². The minimum Gasteiger partial charge on any atom is -0.494 e. The molecule has 2 heteroatoms. The zero-order valence-electron chi connectivity index (χ0n) is 25.9. The van der Waals surface area contributed by atoms with Gasteiger partial charge in [0, 0.05) is 6.61 Å². The number of rotatable bonds is 25. The van der Waals surface area contributed by atoms with Gasteiger partial charge in [-0.1, -0.05) is 159 Å². The molecule has 0 heterocycles. The topological polar surface area (TPSA) is 18.5 Å². The number of hydrogen-bond acceptors (Lipinski definition) is 2. The van der Waals surface area contributed by atoms with Gasteiger partial charge in [0.05, 0.1) is 12.7 Å². The summed E-state index contributed by atoms with van der Waals surface area (Å²) in [5, 5.41) is 0. The van der Waals surface area contributed by atoms with Gasteiger partial charge in [-0.05, 0) is 48.6 Å². The van der Waals surface area contributed by atoms with Crippen LogP contribution < -0.4 is 4.74 Å². The summed E-state index contributed by atoms with van der Waals surface area (Å²) in [5.41, 5.74) is 3.73. The quantitative estimate of drug-likeness (QED) is 0.117. The van der Waals surface area contributed by atoms with E-state index in [4.69, 9.17) is 9.47 Å². The first kappa shape index (κ1) is 33.4. The summed E-state index contributed by atoms with van der Waals surface area (Å²) in [6, 6.07) is 17.4. The minimum atomic E-state index is 0.148. The van der Waals surface area contributed by atoms with E-state index in [1.165, 1.54) is 132 Å². The molecule has 2 nitrogen and oxygen atoms in total. The Bertz CT molecular complexity index is 795. The fourth-order valence-corrected chi connectivity index (χ4v) is 5.24. The lowest BCUT2D eigenvalue weighted by atomic mass is 10.0. The van der Waals surface area contributed by atoms with Crippen LogP contribution >= 0.6 is 0 Å². The van der Waals surface area contributed by atoms with Crippen molar-refractivity contribution in [3.63, 3.8) is 0 Å². The van der Waals surface area contributed by atoms with Crippen molar-refractivity contribution in [1.82, 2.24) is 0 Å². The molecule has 1 atom stereocenters. The van der Waals surface area contributed by atoms with E-state index < -0.39 is 0 Å². The molecule has 39 heavy (non-hydrogen) atoms. The SMILES string of the molecule is CCCCCCCCCCCCOC(C)c1ccc(-c2ccc(OCCCCCCCCCCC)cc2)cc1. The lowest BCUT2D eigenvalue weighted by molar-refractivity contribution is 0.0627. The fraction of sp³-hybridized carbons (Fsp3) is 0.676. The smallest absolute Gasteiger partial charge is 0.119 e. The molecule has 0 saturated heterocycles. The molecule has 0 fully saturated rings. The summed E-state index contributed by atoms with van der Waals surface area (Å²) in [4.78, 5) is 0. The van der Waals surface area contributed by atoms with Gasteiger partial charge in [0.25, 0.3) is 0 Å². The molecule has 0 aromatic heterocycles. The highest BCUT2D eigenvalue weighted by atomic mass is 16.5. The molecular weight excluding hydrogens is 476 g/mol. The van der Waals surface area contributed by atoms with Crippen LogP contribution in [-0.4, -0.2) is 13.2 Å². The zero-order valence-corrected chi connectivity index (χ0v) is 25.9. The molecule has 0 aliphatic rings. The van der Waals surface area contributed by atoms with Gasteiger partial charge < -0.3 is 9.47 Å². The maximum absolute atomic E-state index is 6.13. The Balaban J connectivity index is 1.55. The third-order valence-electron chi connectivity index (χ3n) is 7.95. The molecule has 0 N–H and O–H groups in total. The highest BCUT2D eigenvalue weighted by molar-refractivity contribution is 5.64. The number of benzene rings is 2. The Hall–Kier alpha value is -1.80. The van der Waals surface area contributed by atoms with Crippen LogP contribution in [0.25, 0.3) is 11.1 Å². The van der Waals surface area contributed by atoms with Crippen LogP contribution in [0.2, 0.25) is 0 Å². The monoisotopic (exact) mass is 536 g/mol. The van der Waals surface area contributed by atoms with Crippen LogP contribution in [0, 0.1) is 0 Å². The molecule has 2 aromatic rings. The van der Waals surface area contributed by atoms with Crippen molar-refractivity contribution in [1.29, 1.82) is 0 Å². The maximum Gasteiger partial charge on any atom is 0.119 e. The zero-order chi connectivity index (χ0) is 27.8. The summed E-state index contributed by atoms with van der Waals surface area (Å²) >= 11 is 0. The number of hydrogen-bond donors (Lipinski definition) is 0. The molecule has 0 amide bonds. The summed E-state index contributed by atoms with van der Waals surface area (Å²) in [6.45, 7) is 8.42. The number of unbranched alkanes of at least 4 members (excludes halogenated alkanes) is 17. The molecule has 0 aliphatic heterocycles.